The van der Waals surface area contributed by atoms with Crippen LogP contribution in [0.4, 0.5) is 5.69 Å². The van der Waals surface area contributed by atoms with Crippen LogP contribution in [0.5, 0.6) is 0 Å². The van der Waals surface area contributed by atoms with E-state index in [2.05, 4.69) is 61.8 Å². The first-order valence-electron chi connectivity index (χ1n) is 7.69. The number of para-hydroxylation sites is 1. The van der Waals surface area contributed by atoms with Crippen LogP contribution in [0, 0.1) is 6.92 Å². The molecule has 0 saturated heterocycles. The van der Waals surface area contributed by atoms with E-state index in [1.54, 1.807) is 11.3 Å². The van der Waals surface area contributed by atoms with Gasteiger partial charge in [0.1, 0.15) is 0 Å². The van der Waals surface area contributed by atoms with Gasteiger partial charge in [-0.25, -0.2) is 4.98 Å². The van der Waals surface area contributed by atoms with E-state index in [0.717, 1.165) is 36.3 Å². The molecule has 0 aliphatic heterocycles. The van der Waals surface area contributed by atoms with Gasteiger partial charge in [0, 0.05) is 45.3 Å². The number of benzene rings is 1. The van der Waals surface area contributed by atoms with Crippen LogP contribution in [0.25, 0.3) is 0 Å². The molecule has 0 aliphatic carbocycles. The van der Waals surface area contributed by atoms with Crippen molar-refractivity contribution in [2.45, 2.75) is 13.5 Å². The third-order valence-electron chi connectivity index (χ3n) is 3.57. The lowest BCUT2D eigenvalue weighted by atomic mass is 10.3. The van der Waals surface area contributed by atoms with Gasteiger partial charge in [0.2, 0.25) is 0 Å². The molecule has 0 atom stereocenters. The molecule has 2 aromatic rings. The lowest BCUT2D eigenvalue weighted by Crippen LogP contribution is -2.41. The van der Waals surface area contributed by atoms with Crippen molar-refractivity contribution in [2.24, 2.45) is 4.99 Å². The largest absolute Gasteiger partial charge is 0.373 e. The number of nitrogens with zero attached hydrogens (tertiary/aromatic N) is 4. The third-order valence-corrected chi connectivity index (χ3v) is 4.39. The van der Waals surface area contributed by atoms with Gasteiger partial charge >= 0.3 is 0 Å². The average molecular weight is 331 g/mol. The van der Waals surface area contributed by atoms with Crippen LogP contribution in [0.15, 0.2) is 40.7 Å². The summed E-state index contributed by atoms with van der Waals surface area (Å²) in [6.45, 7) is 4.53. The molecular weight excluding hydrogens is 306 g/mol. The van der Waals surface area contributed by atoms with Gasteiger partial charge in [-0.3, -0.25) is 4.99 Å². The Bertz CT molecular complexity index is 623. The molecule has 1 heterocycles. The highest BCUT2D eigenvalue weighted by Gasteiger charge is 2.08. The Labute approximate surface area is 142 Å². The lowest BCUT2D eigenvalue weighted by Gasteiger charge is -2.24. The molecule has 124 valence electrons. The molecule has 0 fully saturated rings. The highest BCUT2D eigenvalue weighted by Crippen LogP contribution is 2.11. The van der Waals surface area contributed by atoms with Crippen molar-refractivity contribution in [1.29, 1.82) is 0 Å². The van der Waals surface area contributed by atoms with Crippen LogP contribution in [0.2, 0.25) is 0 Å². The summed E-state index contributed by atoms with van der Waals surface area (Å²) in [7, 11) is 5.94. The van der Waals surface area contributed by atoms with Crippen molar-refractivity contribution in [3.05, 3.63) is 46.4 Å². The second kappa shape index (κ2) is 8.53. The first kappa shape index (κ1) is 17.3. The molecule has 5 nitrogen and oxygen atoms in total. The van der Waals surface area contributed by atoms with Gasteiger partial charge in [-0.15, -0.1) is 11.3 Å². The summed E-state index contributed by atoms with van der Waals surface area (Å²) in [5, 5.41) is 6.60. The Morgan fingerprint density at radius 2 is 2.00 bits per heavy atom. The number of aliphatic imine (C=N–C) groups is 1. The fourth-order valence-corrected chi connectivity index (χ4v) is 2.93. The zero-order valence-electron chi connectivity index (χ0n) is 14.3. The Kier molecular flexibility index (Phi) is 6.40. The zero-order chi connectivity index (χ0) is 16.7. The van der Waals surface area contributed by atoms with Gasteiger partial charge < -0.3 is 15.1 Å². The first-order valence-corrected chi connectivity index (χ1v) is 8.57. The Hall–Kier alpha value is -2.08. The van der Waals surface area contributed by atoms with Gasteiger partial charge in [-0.05, 0) is 19.1 Å². The summed E-state index contributed by atoms with van der Waals surface area (Å²) in [4.78, 5) is 13.2. The molecule has 1 aromatic heterocycles. The number of likely N-dealkylation sites (N-methyl/N-ethyl adjacent to an activating group) is 1. The van der Waals surface area contributed by atoms with Crippen LogP contribution in [0.1, 0.15) is 10.7 Å². The molecule has 0 radical (unpaired) electrons. The highest BCUT2D eigenvalue weighted by molar-refractivity contribution is 7.09. The molecule has 6 heteroatoms. The number of hydrogen-bond donors (Lipinski definition) is 1. The Morgan fingerprint density at radius 3 is 2.61 bits per heavy atom. The maximum atomic E-state index is 4.50. The SMILES string of the molecule is CN=C(NCCN(C)c1ccccc1)N(C)Cc1csc(C)n1. The van der Waals surface area contributed by atoms with Crippen LogP contribution in [0.3, 0.4) is 0 Å². The summed E-state index contributed by atoms with van der Waals surface area (Å²) in [6.07, 6.45) is 0. The highest BCUT2D eigenvalue weighted by atomic mass is 32.1. The molecular formula is C17H25N5S. The van der Waals surface area contributed by atoms with Crippen molar-refractivity contribution in [3.63, 3.8) is 0 Å². The summed E-state index contributed by atoms with van der Waals surface area (Å²) in [6, 6.07) is 10.4. The summed E-state index contributed by atoms with van der Waals surface area (Å²) >= 11 is 1.68. The number of nitrogens with one attached hydrogen (secondary N) is 1. The average Bonchev–Trinajstić information content (AvgIpc) is 2.97. The molecule has 1 N–H and O–H groups in total. The fraction of sp³-hybridized carbons (Fsp3) is 0.412. The molecule has 1 aromatic carbocycles. The number of guanidine groups is 1. The summed E-state index contributed by atoms with van der Waals surface area (Å²) in [5.74, 6) is 0.886. The number of aryl methyl sites for hydroxylation is 1. The van der Waals surface area contributed by atoms with E-state index in [9.17, 15) is 0 Å². The predicted octanol–water partition coefficient (Wildman–Crippen LogP) is 2.60. The first-order chi connectivity index (χ1) is 11.1. The normalized spacial score (nSPS) is 11.4. The van der Waals surface area contributed by atoms with Gasteiger partial charge in [0.15, 0.2) is 5.96 Å². The second-order valence-electron chi connectivity index (χ2n) is 5.45. The number of anilines is 1. The van der Waals surface area contributed by atoms with E-state index in [1.807, 2.05) is 27.1 Å². The number of hydrogen-bond acceptors (Lipinski definition) is 4. The van der Waals surface area contributed by atoms with Crippen LogP contribution >= 0.6 is 11.3 Å². The minimum atomic E-state index is 0.762. The predicted molar refractivity (Wildman–Crippen MR) is 99.4 cm³/mol. The van der Waals surface area contributed by atoms with Gasteiger partial charge in [0.05, 0.1) is 17.2 Å². The maximum Gasteiger partial charge on any atom is 0.193 e. The van der Waals surface area contributed by atoms with Crippen molar-refractivity contribution in [2.75, 3.05) is 39.1 Å². The second-order valence-corrected chi connectivity index (χ2v) is 6.51. The maximum absolute atomic E-state index is 4.50. The Morgan fingerprint density at radius 1 is 1.26 bits per heavy atom. The standard InChI is InChI=1S/C17H25N5S/c1-14-20-15(13-23-14)12-22(4)17(18-2)19-10-11-21(3)16-8-6-5-7-9-16/h5-9,13H,10-12H2,1-4H3,(H,18,19). The van der Waals surface area contributed by atoms with Gasteiger partial charge in [-0.2, -0.15) is 0 Å². The Balaban J connectivity index is 1.80. The van der Waals surface area contributed by atoms with Crippen LogP contribution < -0.4 is 10.2 Å². The fourth-order valence-electron chi connectivity index (χ4n) is 2.33. The quantitative estimate of drug-likeness (QED) is 0.653. The minimum absolute atomic E-state index is 0.762. The van der Waals surface area contributed by atoms with Gasteiger partial charge in [0.25, 0.3) is 0 Å². The zero-order valence-corrected chi connectivity index (χ0v) is 15.1. The molecule has 2 rings (SSSR count). The van der Waals surface area contributed by atoms with E-state index >= 15 is 0 Å². The van der Waals surface area contributed by atoms with E-state index in [4.69, 9.17) is 0 Å². The van der Waals surface area contributed by atoms with E-state index in [0.29, 0.717) is 0 Å². The minimum Gasteiger partial charge on any atom is -0.373 e. The number of aromatic nitrogens is 1. The number of thiazole rings is 1. The van der Waals surface area contributed by atoms with Crippen LogP contribution in [-0.4, -0.2) is 50.1 Å². The topological polar surface area (TPSA) is 43.8 Å². The molecule has 0 spiro atoms. The molecule has 23 heavy (non-hydrogen) atoms. The molecule has 0 saturated carbocycles. The van der Waals surface area contributed by atoms with E-state index in [1.165, 1.54) is 5.69 Å². The van der Waals surface area contributed by atoms with E-state index in [-0.39, 0.29) is 0 Å². The van der Waals surface area contributed by atoms with Gasteiger partial charge in [-0.1, -0.05) is 18.2 Å². The van der Waals surface area contributed by atoms with Crippen molar-refractivity contribution in [1.82, 2.24) is 15.2 Å². The number of rotatable bonds is 6. The summed E-state index contributed by atoms with van der Waals surface area (Å²) < 4.78 is 0. The van der Waals surface area contributed by atoms with Crippen molar-refractivity contribution >= 4 is 23.0 Å². The monoisotopic (exact) mass is 331 g/mol. The summed E-state index contributed by atoms with van der Waals surface area (Å²) in [5.41, 5.74) is 2.30. The molecule has 0 amide bonds. The van der Waals surface area contributed by atoms with Crippen molar-refractivity contribution < 1.29 is 0 Å². The van der Waals surface area contributed by atoms with E-state index < -0.39 is 0 Å². The molecule has 0 bridgehead atoms. The smallest absolute Gasteiger partial charge is 0.193 e. The molecule has 0 aliphatic rings. The van der Waals surface area contributed by atoms with Crippen LogP contribution in [-0.2, 0) is 6.54 Å². The van der Waals surface area contributed by atoms with Crippen molar-refractivity contribution in [3.8, 4) is 0 Å². The third kappa shape index (κ3) is 5.25. The lowest BCUT2D eigenvalue weighted by molar-refractivity contribution is 0.471. The molecule has 0 unspecified atom stereocenters.